The molecule has 2 aliphatic rings. The fourth-order valence-corrected chi connectivity index (χ4v) is 7.22. The highest BCUT2D eigenvalue weighted by atomic mass is 16.7. The van der Waals surface area contributed by atoms with Crippen LogP contribution in [0.1, 0.15) is 155 Å². The normalized spacial score (nSPS) is 27.0. The van der Waals surface area contributed by atoms with Gasteiger partial charge in [-0.05, 0) is 77.0 Å². The van der Waals surface area contributed by atoms with E-state index in [9.17, 15) is 45.3 Å². The Morgan fingerprint density at radius 3 is 1.47 bits per heavy atom. The molecule has 0 saturated carbocycles. The Labute approximate surface area is 382 Å². The first-order chi connectivity index (χ1) is 31.0. The van der Waals surface area contributed by atoms with Gasteiger partial charge >= 0.3 is 11.9 Å². The van der Waals surface area contributed by atoms with Crippen LogP contribution in [0, 0.1) is 0 Å². The van der Waals surface area contributed by atoms with Gasteiger partial charge in [-0.3, -0.25) is 9.59 Å². The maximum absolute atomic E-state index is 12.9. The van der Waals surface area contributed by atoms with E-state index in [-0.39, 0.29) is 19.4 Å². The Kier molecular flexibility index (Phi) is 32.9. The highest BCUT2D eigenvalue weighted by Gasteiger charge is 2.47. The largest absolute Gasteiger partial charge is 0.462 e. The van der Waals surface area contributed by atoms with Gasteiger partial charge in [-0.2, -0.15) is 0 Å². The van der Waals surface area contributed by atoms with E-state index in [4.69, 9.17) is 28.4 Å². The quantitative estimate of drug-likeness (QED) is 0.0220. The van der Waals surface area contributed by atoms with Gasteiger partial charge in [0.2, 0.25) is 0 Å². The van der Waals surface area contributed by atoms with Crippen molar-refractivity contribution in [3.8, 4) is 0 Å². The second-order valence-corrected chi connectivity index (χ2v) is 16.9. The minimum atomic E-state index is -1.77. The van der Waals surface area contributed by atoms with Crippen LogP contribution in [0.4, 0.5) is 0 Å². The van der Waals surface area contributed by atoms with Crippen molar-refractivity contribution in [2.24, 2.45) is 0 Å². The maximum atomic E-state index is 12.9. The van der Waals surface area contributed by atoms with Gasteiger partial charge in [0.25, 0.3) is 0 Å². The summed E-state index contributed by atoms with van der Waals surface area (Å²) in [7, 11) is 0. The average molecular weight is 913 g/mol. The molecule has 0 amide bonds. The molecule has 0 aromatic heterocycles. The number of allylic oxidation sites excluding steroid dienone is 8. The van der Waals surface area contributed by atoms with Crippen molar-refractivity contribution in [3.63, 3.8) is 0 Å². The van der Waals surface area contributed by atoms with Crippen LogP contribution in [-0.4, -0.2) is 142 Å². The molecular weight excluding hydrogens is 829 g/mol. The summed E-state index contributed by atoms with van der Waals surface area (Å²) in [5, 5.41) is 71.9. The molecule has 0 spiro atoms. The van der Waals surface area contributed by atoms with Crippen LogP contribution >= 0.6 is 0 Å². The van der Waals surface area contributed by atoms with E-state index in [0.29, 0.717) is 12.8 Å². The second kappa shape index (κ2) is 36.6. The molecule has 2 aliphatic heterocycles. The van der Waals surface area contributed by atoms with Gasteiger partial charge in [-0.25, -0.2) is 0 Å². The van der Waals surface area contributed by atoms with Crippen LogP contribution in [0.5, 0.6) is 0 Å². The second-order valence-electron chi connectivity index (χ2n) is 16.9. The molecule has 15 nitrogen and oxygen atoms in total. The summed E-state index contributed by atoms with van der Waals surface area (Å²) in [6.07, 6.45) is 21.5. The highest BCUT2D eigenvalue weighted by molar-refractivity contribution is 5.70. The number of carbonyl (C=O) groups is 2. The van der Waals surface area contributed by atoms with Crippen LogP contribution in [0.15, 0.2) is 48.6 Å². The number of esters is 2. The van der Waals surface area contributed by atoms with E-state index >= 15 is 0 Å². The van der Waals surface area contributed by atoms with Gasteiger partial charge in [0.05, 0.1) is 19.8 Å². The first-order valence-corrected chi connectivity index (χ1v) is 24.2. The number of rotatable bonds is 36. The van der Waals surface area contributed by atoms with Crippen LogP contribution in [0.25, 0.3) is 0 Å². The minimum Gasteiger partial charge on any atom is -0.462 e. The predicted octanol–water partition coefficient (Wildman–Crippen LogP) is 5.93. The van der Waals surface area contributed by atoms with E-state index in [1.54, 1.807) is 0 Å². The Balaban J connectivity index is 1.85. The topological polar surface area (TPSA) is 231 Å². The van der Waals surface area contributed by atoms with E-state index in [1.165, 1.54) is 38.5 Å². The lowest BCUT2D eigenvalue weighted by Crippen LogP contribution is -2.61. The SMILES string of the molecule is CCCCCC=CCC=CCCCCCCCC(=O)OCC(COC1OC(COC2OC(CO)C(O)C(O)C2O)C(O)C(O)C1O)OC(=O)CCCCCC=CCC=CCCCCC. The zero-order chi connectivity index (χ0) is 46.8. The van der Waals surface area contributed by atoms with Gasteiger partial charge in [-0.1, -0.05) is 114 Å². The molecule has 2 rings (SSSR count). The third kappa shape index (κ3) is 24.8. The summed E-state index contributed by atoms with van der Waals surface area (Å²) < 4.78 is 33.5. The lowest BCUT2D eigenvalue weighted by atomic mass is 9.98. The van der Waals surface area contributed by atoms with E-state index < -0.39 is 99.3 Å². The number of unbranched alkanes of at least 4 members (excludes halogenated alkanes) is 14. The third-order valence-electron chi connectivity index (χ3n) is 11.3. The summed E-state index contributed by atoms with van der Waals surface area (Å²) in [4.78, 5) is 25.7. The van der Waals surface area contributed by atoms with Crippen molar-refractivity contribution in [2.75, 3.05) is 26.4 Å². The summed E-state index contributed by atoms with van der Waals surface area (Å²) in [6, 6.07) is 0. The zero-order valence-corrected chi connectivity index (χ0v) is 38.8. The molecule has 0 aromatic rings. The molecule has 15 heteroatoms. The first-order valence-electron chi connectivity index (χ1n) is 24.2. The van der Waals surface area contributed by atoms with Gasteiger partial charge in [0.15, 0.2) is 18.7 Å². The van der Waals surface area contributed by atoms with Crippen LogP contribution in [0.2, 0.25) is 0 Å². The van der Waals surface area contributed by atoms with Crippen molar-refractivity contribution in [1.29, 1.82) is 0 Å². The van der Waals surface area contributed by atoms with E-state index in [1.807, 2.05) is 0 Å². The Hall–Kier alpha value is -2.54. The molecule has 0 radical (unpaired) electrons. The number of aliphatic hydroxyl groups excluding tert-OH is 7. The smallest absolute Gasteiger partial charge is 0.306 e. The van der Waals surface area contributed by atoms with Gasteiger partial charge in [0.1, 0.15) is 55.4 Å². The molecule has 0 bridgehead atoms. The number of aliphatic hydroxyl groups is 7. The summed E-state index contributed by atoms with van der Waals surface area (Å²) in [5.41, 5.74) is 0. The van der Waals surface area contributed by atoms with E-state index in [2.05, 4.69) is 62.5 Å². The fourth-order valence-electron chi connectivity index (χ4n) is 7.22. The molecule has 11 unspecified atom stereocenters. The van der Waals surface area contributed by atoms with E-state index in [0.717, 1.165) is 77.0 Å². The summed E-state index contributed by atoms with van der Waals surface area (Å²) >= 11 is 0. The molecule has 370 valence electrons. The molecule has 0 aromatic carbocycles. The van der Waals surface area contributed by atoms with Crippen molar-refractivity contribution >= 4 is 11.9 Å². The number of hydrogen-bond acceptors (Lipinski definition) is 15. The monoisotopic (exact) mass is 913 g/mol. The zero-order valence-electron chi connectivity index (χ0n) is 38.8. The molecule has 2 heterocycles. The third-order valence-corrected chi connectivity index (χ3v) is 11.3. The number of hydrogen-bond donors (Lipinski definition) is 7. The van der Waals surface area contributed by atoms with Crippen LogP contribution < -0.4 is 0 Å². The van der Waals surface area contributed by atoms with Crippen LogP contribution in [0.3, 0.4) is 0 Å². The molecule has 11 atom stereocenters. The fraction of sp³-hybridized carbons (Fsp3) is 0.796. The van der Waals surface area contributed by atoms with Gasteiger partial charge in [-0.15, -0.1) is 0 Å². The summed E-state index contributed by atoms with van der Waals surface area (Å²) in [5.74, 6) is -0.974. The lowest BCUT2D eigenvalue weighted by Gasteiger charge is -2.42. The van der Waals surface area contributed by atoms with Gasteiger partial charge in [0, 0.05) is 12.8 Å². The predicted molar refractivity (Wildman–Crippen MR) is 243 cm³/mol. The Bertz CT molecular complexity index is 1300. The maximum Gasteiger partial charge on any atom is 0.306 e. The van der Waals surface area contributed by atoms with Crippen molar-refractivity contribution in [3.05, 3.63) is 48.6 Å². The standard InChI is InChI=1S/C49H84O15/c1-3-5-7-9-11-13-15-17-18-20-21-23-25-27-29-31-40(51)59-34-37(62-41(52)32-30-28-26-24-22-19-16-14-12-10-8-6-4-2)35-60-48-47(58)45(56)43(54)39(64-48)36-61-49-46(57)44(55)42(53)38(33-50)63-49/h11-14,17-19,22,37-39,42-50,53-58H,3-10,15-16,20-21,23-36H2,1-2H3. The molecule has 0 aliphatic carbocycles. The van der Waals surface area contributed by atoms with Crippen LogP contribution in [-0.2, 0) is 38.0 Å². The Morgan fingerprint density at radius 2 is 0.938 bits per heavy atom. The number of ether oxygens (including phenoxy) is 6. The first kappa shape index (κ1) is 57.6. The lowest BCUT2D eigenvalue weighted by molar-refractivity contribution is -0.332. The minimum absolute atomic E-state index is 0.130. The van der Waals surface area contributed by atoms with Crippen molar-refractivity contribution in [1.82, 2.24) is 0 Å². The number of carbonyl (C=O) groups excluding carboxylic acids is 2. The molecular formula is C49H84O15. The molecule has 64 heavy (non-hydrogen) atoms. The van der Waals surface area contributed by atoms with Crippen molar-refractivity contribution < 1.29 is 73.8 Å². The molecule has 2 saturated heterocycles. The summed E-state index contributed by atoms with van der Waals surface area (Å²) in [6.45, 7) is 2.47. The average Bonchev–Trinajstić information content (AvgIpc) is 3.29. The molecule has 7 N–H and O–H groups in total. The van der Waals surface area contributed by atoms with Crippen molar-refractivity contribution in [2.45, 2.75) is 223 Å². The Morgan fingerprint density at radius 1 is 0.500 bits per heavy atom. The molecule has 2 fully saturated rings. The van der Waals surface area contributed by atoms with Gasteiger partial charge < -0.3 is 64.2 Å². The highest BCUT2D eigenvalue weighted by Crippen LogP contribution is 2.26.